The molecule has 0 spiro atoms. The van der Waals surface area contributed by atoms with Crippen molar-refractivity contribution < 1.29 is 13.6 Å². The second-order valence-electron chi connectivity index (χ2n) is 5.47. The van der Waals surface area contributed by atoms with Gasteiger partial charge in [0.25, 0.3) is 0 Å². The molecule has 1 fully saturated rings. The summed E-state index contributed by atoms with van der Waals surface area (Å²) in [5.41, 5.74) is 3.01. The summed E-state index contributed by atoms with van der Waals surface area (Å²) in [6.07, 6.45) is 4.35. The van der Waals surface area contributed by atoms with Crippen LogP contribution in [0.4, 0.5) is 4.39 Å². The van der Waals surface area contributed by atoms with Crippen LogP contribution in [0.5, 0.6) is 0 Å². The van der Waals surface area contributed by atoms with Gasteiger partial charge in [-0.15, -0.1) is 0 Å². The Bertz CT molecular complexity index is 828. The molecule has 1 heterocycles. The average molecular weight is 268 g/mol. The van der Waals surface area contributed by atoms with Gasteiger partial charge in [0.15, 0.2) is 0 Å². The zero-order chi connectivity index (χ0) is 13.7. The van der Waals surface area contributed by atoms with Crippen LogP contribution in [0.15, 0.2) is 34.7 Å². The molecular formula is C17H13FO2. The second kappa shape index (κ2) is 4.17. The van der Waals surface area contributed by atoms with Crippen LogP contribution in [0, 0.1) is 5.82 Å². The third kappa shape index (κ3) is 1.59. The topological polar surface area (TPSA) is 30.2 Å². The van der Waals surface area contributed by atoms with Crippen molar-refractivity contribution in [3.8, 4) is 0 Å². The predicted octanol–water partition coefficient (Wildman–Crippen LogP) is 4.81. The van der Waals surface area contributed by atoms with Gasteiger partial charge < -0.3 is 4.42 Å². The van der Waals surface area contributed by atoms with Crippen LogP contribution in [-0.2, 0) is 0 Å². The number of carbonyl (C=O) groups excluding carboxylic acids is 1. The van der Waals surface area contributed by atoms with Crippen molar-refractivity contribution in [1.29, 1.82) is 0 Å². The fourth-order valence-electron chi connectivity index (χ4n) is 3.04. The maximum absolute atomic E-state index is 13.3. The van der Waals surface area contributed by atoms with Gasteiger partial charge in [0.2, 0.25) is 0 Å². The van der Waals surface area contributed by atoms with Crippen LogP contribution >= 0.6 is 0 Å². The summed E-state index contributed by atoms with van der Waals surface area (Å²) in [7, 11) is 0. The van der Waals surface area contributed by atoms with Crippen molar-refractivity contribution in [2.45, 2.75) is 25.2 Å². The number of carbonyl (C=O) groups is 1. The first-order valence-electron chi connectivity index (χ1n) is 6.87. The minimum absolute atomic E-state index is 0.308. The van der Waals surface area contributed by atoms with Crippen molar-refractivity contribution in [3.63, 3.8) is 0 Å². The molecule has 2 nitrogen and oxygen atoms in total. The van der Waals surface area contributed by atoms with Crippen LogP contribution in [0.1, 0.15) is 41.1 Å². The Labute approximate surface area is 115 Å². The van der Waals surface area contributed by atoms with E-state index in [4.69, 9.17) is 4.42 Å². The summed E-state index contributed by atoms with van der Waals surface area (Å²) in [6.45, 7) is 0. The normalized spacial score (nSPS) is 15.7. The maximum atomic E-state index is 13.3. The number of benzene rings is 2. The van der Waals surface area contributed by atoms with E-state index >= 15 is 0 Å². The van der Waals surface area contributed by atoms with E-state index < -0.39 is 0 Å². The molecule has 1 aromatic heterocycles. The molecule has 4 rings (SSSR count). The zero-order valence-corrected chi connectivity index (χ0v) is 10.9. The molecule has 2 aromatic carbocycles. The summed E-state index contributed by atoms with van der Waals surface area (Å²) < 4.78 is 19.1. The highest BCUT2D eigenvalue weighted by molar-refractivity contribution is 6.08. The van der Waals surface area contributed by atoms with Crippen LogP contribution in [-0.4, -0.2) is 6.29 Å². The minimum Gasteiger partial charge on any atom is -0.456 e. The van der Waals surface area contributed by atoms with Crippen LogP contribution in [0.3, 0.4) is 0 Å². The molecule has 100 valence electrons. The number of halogens is 1. The van der Waals surface area contributed by atoms with E-state index in [1.807, 2.05) is 6.07 Å². The molecule has 0 atom stereocenters. The van der Waals surface area contributed by atoms with Gasteiger partial charge in [-0.2, -0.15) is 0 Å². The standard InChI is InChI=1S/C17H13FO2/c18-12-4-5-13-15(8-12)20-16-7-10(9-19)6-14(17(13)16)11-2-1-3-11/h4-9,11H,1-3H2. The molecular weight excluding hydrogens is 255 g/mol. The first kappa shape index (κ1) is 11.6. The van der Waals surface area contributed by atoms with Crippen molar-refractivity contribution in [2.24, 2.45) is 0 Å². The summed E-state index contributed by atoms with van der Waals surface area (Å²) in [5.74, 6) is 0.181. The largest absolute Gasteiger partial charge is 0.456 e. The minimum atomic E-state index is -0.308. The maximum Gasteiger partial charge on any atom is 0.150 e. The van der Waals surface area contributed by atoms with Crippen LogP contribution < -0.4 is 0 Å². The van der Waals surface area contributed by atoms with E-state index in [-0.39, 0.29) is 5.82 Å². The van der Waals surface area contributed by atoms with Crippen LogP contribution in [0.2, 0.25) is 0 Å². The molecule has 0 saturated heterocycles. The molecule has 0 amide bonds. The molecule has 0 radical (unpaired) electrons. The Morgan fingerprint density at radius 1 is 1.15 bits per heavy atom. The number of furan rings is 1. The first-order valence-corrected chi connectivity index (χ1v) is 6.87. The first-order chi connectivity index (χ1) is 9.76. The number of hydrogen-bond donors (Lipinski definition) is 0. The van der Waals surface area contributed by atoms with Crippen molar-refractivity contribution in [1.82, 2.24) is 0 Å². The van der Waals surface area contributed by atoms with E-state index in [2.05, 4.69) is 0 Å². The highest BCUT2D eigenvalue weighted by atomic mass is 19.1. The van der Waals surface area contributed by atoms with Gasteiger partial charge in [0.05, 0.1) is 0 Å². The number of fused-ring (bicyclic) bond motifs is 3. The highest BCUT2D eigenvalue weighted by Crippen LogP contribution is 2.43. The van der Waals surface area contributed by atoms with Gasteiger partial charge in [-0.25, -0.2) is 4.39 Å². The average Bonchev–Trinajstić information content (AvgIpc) is 2.73. The second-order valence-corrected chi connectivity index (χ2v) is 5.47. The molecule has 0 bridgehead atoms. The van der Waals surface area contributed by atoms with E-state index in [1.165, 1.54) is 24.1 Å². The van der Waals surface area contributed by atoms with E-state index in [0.29, 0.717) is 22.6 Å². The SMILES string of the molecule is O=Cc1cc(C2CCC2)c2c(c1)oc1cc(F)ccc12. The van der Waals surface area contributed by atoms with E-state index in [1.54, 1.807) is 12.1 Å². The summed E-state index contributed by atoms with van der Waals surface area (Å²) in [6, 6.07) is 8.31. The Hall–Kier alpha value is -2.16. The number of hydrogen-bond acceptors (Lipinski definition) is 2. The Kier molecular flexibility index (Phi) is 2.43. The Morgan fingerprint density at radius 2 is 2.00 bits per heavy atom. The fraction of sp³-hybridized carbons (Fsp3) is 0.235. The van der Waals surface area contributed by atoms with Crippen molar-refractivity contribution >= 4 is 28.2 Å². The highest BCUT2D eigenvalue weighted by Gasteiger charge is 2.24. The lowest BCUT2D eigenvalue weighted by molar-refractivity contribution is 0.112. The Morgan fingerprint density at radius 3 is 2.70 bits per heavy atom. The number of aldehydes is 1. The van der Waals surface area contributed by atoms with Gasteiger partial charge in [-0.05, 0) is 48.6 Å². The van der Waals surface area contributed by atoms with Gasteiger partial charge in [-0.1, -0.05) is 6.42 Å². The van der Waals surface area contributed by atoms with Gasteiger partial charge in [-0.3, -0.25) is 4.79 Å². The quantitative estimate of drug-likeness (QED) is 0.624. The third-order valence-electron chi connectivity index (χ3n) is 4.27. The number of rotatable bonds is 2. The van der Waals surface area contributed by atoms with Gasteiger partial charge >= 0.3 is 0 Å². The fourth-order valence-corrected chi connectivity index (χ4v) is 3.04. The van der Waals surface area contributed by atoms with Crippen LogP contribution in [0.25, 0.3) is 21.9 Å². The lowest BCUT2D eigenvalue weighted by Gasteiger charge is -2.26. The molecule has 3 heteroatoms. The monoisotopic (exact) mass is 268 g/mol. The molecule has 0 N–H and O–H groups in total. The Balaban J connectivity index is 2.11. The lowest BCUT2D eigenvalue weighted by atomic mass is 9.78. The predicted molar refractivity (Wildman–Crippen MR) is 75.7 cm³/mol. The summed E-state index contributed by atoms with van der Waals surface area (Å²) in [4.78, 5) is 11.1. The van der Waals surface area contributed by atoms with Gasteiger partial charge in [0, 0.05) is 22.4 Å². The van der Waals surface area contributed by atoms with Crippen molar-refractivity contribution in [2.75, 3.05) is 0 Å². The molecule has 1 aliphatic rings. The molecule has 1 aliphatic carbocycles. The third-order valence-corrected chi connectivity index (χ3v) is 4.27. The summed E-state index contributed by atoms with van der Waals surface area (Å²) in [5, 5.41) is 1.97. The summed E-state index contributed by atoms with van der Waals surface area (Å²) >= 11 is 0. The van der Waals surface area contributed by atoms with Crippen molar-refractivity contribution in [3.05, 3.63) is 47.3 Å². The molecule has 0 aliphatic heterocycles. The van der Waals surface area contributed by atoms with E-state index in [9.17, 15) is 9.18 Å². The molecule has 3 aromatic rings. The molecule has 1 saturated carbocycles. The van der Waals surface area contributed by atoms with Gasteiger partial charge in [0.1, 0.15) is 23.3 Å². The lowest BCUT2D eigenvalue weighted by Crippen LogP contribution is -2.09. The molecule has 0 unspecified atom stereocenters. The molecule has 20 heavy (non-hydrogen) atoms. The zero-order valence-electron chi connectivity index (χ0n) is 10.9. The van der Waals surface area contributed by atoms with E-state index in [0.717, 1.165) is 29.9 Å². The smallest absolute Gasteiger partial charge is 0.150 e.